The number of carbonyl (C=O) groups excluding carboxylic acids is 1. The van der Waals surface area contributed by atoms with Gasteiger partial charge in [-0.2, -0.15) is 0 Å². The predicted octanol–water partition coefficient (Wildman–Crippen LogP) is 3.12. The van der Waals surface area contributed by atoms with Gasteiger partial charge in [0.05, 0.1) is 17.5 Å². The van der Waals surface area contributed by atoms with E-state index in [1.807, 2.05) is 47.8 Å². The first kappa shape index (κ1) is 18.8. The number of nitrogens with one attached hydrogen (secondary N) is 1. The normalized spacial score (nSPS) is 16.8. The van der Waals surface area contributed by atoms with Crippen molar-refractivity contribution in [2.24, 2.45) is 0 Å². The molecule has 8 heteroatoms. The maximum atomic E-state index is 12.2. The number of para-hydroxylation sites is 1. The minimum atomic E-state index is 0.0187. The molecule has 0 spiro atoms. The number of anilines is 1. The molecule has 1 saturated heterocycles. The maximum Gasteiger partial charge on any atom is 0.257 e. The predicted molar refractivity (Wildman–Crippen MR) is 109 cm³/mol. The highest BCUT2D eigenvalue weighted by Gasteiger charge is 2.26. The molecule has 1 N–H and O–H groups in total. The van der Waals surface area contributed by atoms with Gasteiger partial charge in [-0.15, -0.1) is 21.5 Å². The number of thiophene rings is 1. The van der Waals surface area contributed by atoms with Gasteiger partial charge in [0.15, 0.2) is 0 Å². The number of nitrogens with zero attached hydrogens (tertiary/aromatic N) is 4. The number of hydrogen-bond donors (Lipinski definition) is 1. The Morgan fingerprint density at radius 3 is 2.64 bits per heavy atom. The average molecular weight is 398 g/mol. The van der Waals surface area contributed by atoms with Gasteiger partial charge in [0, 0.05) is 31.9 Å². The second-order valence-electron chi connectivity index (χ2n) is 6.83. The summed E-state index contributed by atoms with van der Waals surface area (Å²) in [5, 5.41) is 13.3. The van der Waals surface area contributed by atoms with Crippen molar-refractivity contribution in [2.45, 2.75) is 13.0 Å². The van der Waals surface area contributed by atoms with E-state index < -0.39 is 0 Å². The monoisotopic (exact) mass is 397 g/mol. The fraction of sp³-hybridized carbons (Fsp3) is 0.350. The lowest BCUT2D eigenvalue weighted by molar-refractivity contribution is -0.117. The molecule has 1 fully saturated rings. The number of amides is 1. The van der Waals surface area contributed by atoms with E-state index in [0.29, 0.717) is 18.3 Å². The molecule has 3 heterocycles. The number of benzene rings is 1. The van der Waals surface area contributed by atoms with Gasteiger partial charge in [0.2, 0.25) is 11.8 Å². The first-order chi connectivity index (χ1) is 13.7. The van der Waals surface area contributed by atoms with E-state index in [-0.39, 0.29) is 11.9 Å². The van der Waals surface area contributed by atoms with E-state index in [2.05, 4.69) is 32.2 Å². The summed E-state index contributed by atoms with van der Waals surface area (Å²) in [4.78, 5) is 17.7. The Morgan fingerprint density at radius 2 is 1.93 bits per heavy atom. The Hall–Kier alpha value is -2.55. The van der Waals surface area contributed by atoms with Crippen molar-refractivity contribution in [2.75, 3.05) is 38.0 Å². The Labute approximate surface area is 168 Å². The third-order valence-electron chi connectivity index (χ3n) is 4.91. The minimum Gasteiger partial charge on any atom is -0.418 e. The van der Waals surface area contributed by atoms with Crippen molar-refractivity contribution < 1.29 is 9.21 Å². The van der Waals surface area contributed by atoms with Gasteiger partial charge in [-0.05, 0) is 30.5 Å². The van der Waals surface area contributed by atoms with Gasteiger partial charge in [-0.3, -0.25) is 14.6 Å². The number of carbonyl (C=O) groups is 1. The summed E-state index contributed by atoms with van der Waals surface area (Å²) in [6.07, 6.45) is 0. The van der Waals surface area contributed by atoms with Crippen molar-refractivity contribution in [1.82, 2.24) is 20.0 Å². The summed E-state index contributed by atoms with van der Waals surface area (Å²) in [5.41, 5.74) is 0.831. The van der Waals surface area contributed by atoms with Crippen LogP contribution in [0.25, 0.3) is 10.8 Å². The molecule has 1 aliphatic rings. The highest BCUT2D eigenvalue weighted by molar-refractivity contribution is 7.13. The third kappa shape index (κ3) is 4.46. The molecular formula is C20H23N5O2S. The number of hydrogen-bond acceptors (Lipinski definition) is 7. The van der Waals surface area contributed by atoms with Crippen LogP contribution < -0.4 is 5.32 Å². The van der Waals surface area contributed by atoms with Crippen LogP contribution in [0.4, 0.5) is 5.69 Å². The average Bonchev–Trinajstić information content (AvgIpc) is 3.40. The van der Waals surface area contributed by atoms with Crippen LogP contribution in [0.2, 0.25) is 0 Å². The third-order valence-corrected chi connectivity index (χ3v) is 5.77. The zero-order chi connectivity index (χ0) is 19.3. The van der Waals surface area contributed by atoms with Crippen molar-refractivity contribution in [3.05, 3.63) is 53.7 Å². The standard InChI is InChI=1S/C20H23N5O2S/c1-15(19-22-23-20(27-19)17-8-5-13-28-17)25-11-9-24(10-12-25)14-18(26)21-16-6-3-2-4-7-16/h2-8,13,15H,9-12,14H2,1H3,(H,21,26). The Morgan fingerprint density at radius 1 is 1.14 bits per heavy atom. The lowest BCUT2D eigenvalue weighted by Gasteiger charge is -2.36. The molecule has 0 radical (unpaired) electrons. The molecule has 0 aliphatic carbocycles. The molecule has 1 aromatic carbocycles. The van der Waals surface area contributed by atoms with Crippen LogP contribution in [0, 0.1) is 0 Å². The number of rotatable bonds is 6. The van der Waals surface area contributed by atoms with Crippen molar-refractivity contribution in [1.29, 1.82) is 0 Å². The van der Waals surface area contributed by atoms with E-state index in [1.165, 1.54) is 0 Å². The van der Waals surface area contributed by atoms with Gasteiger partial charge in [-0.25, -0.2) is 0 Å². The Bertz CT molecular complexity index is 888. The molecule has 7 nitrogen and oxygen atoms in total. The van der Waals surface area contributed by atoms with Crippen LogP contribution in [-0.2, 0) is 4.79 Å². The fourth-order valence-corrected chi connectivity index (χ4v) is 3.94. The van der Waals surface area contributed by atoms with Crippen LogP contribution >= 0.6 is 11.3 Å². The molecule has 1 amide bonds. The van der Waals surface area contributed by atoms with E-state index >= 15 is 0 Å². The van der Waals surface area contributed by atoms with E-state index in [9.17, 15) is 4.79 Å². The van der Waals surface area contributed by atoms with Crippen LogP contribution in [0.5, 0.6) is 0 Å². The van der Waals surface area contributed by atoms with Gasteiger partial charge >= 0.3 is 0 Å². The van der Waals surface area contributed by atoms with Gasteiger partial charge < -0.3 is 9.73 Å². The first-order valence-electron chi connectivity index (χ1n) is 9.37. The van der Waals surface area contributed by atoms with Crippen molar-refractivity contribution in [3.63, 3.8) is 0 Å². The number of piperazine rings is 1. The van der Waals surface area contributed by atoms with Crippen molar-refractivity contribution in [3.8, 4) is 10.8 Å². The highest BCUT2D eigenvalue weighted by Crippen LogP contribution is 2.27. The van der Waals surface area contributed by atoms with Crippen molar-refractivity contribution >= 4 is 22.9 Å². The van der Waals surface area contributed by atoms with E-state index in [0.717, 1.165) is 36.7 Å². The van der Waals surface area contributed by atoms with Crippen LogP contribution in [0.3, 0.4) is 0 Å². The lowest BCUT2D eigenvalue weighted by Crippen LogP contribution is -2.49. The topological polar surface area (TPSA) is 74.5 Å². The molecule has 0 saturated carbocycles. The van der Waals surface area contributed by atoms with Gasteiger partial charge in [0.1, 0.15) is 0 Å². The Kier molecular flexibility index (Phi) is 5.80. The molecule has 3 aromatic rings. The summed E-state index contributed by atoms with van der Waals surface area (Å²) in [6, 6.07) is 13.6. The van der Waals surface area contributed by atoms with Gasteiger partial charge in [-0.1, -0.05) is 24.3 Å². The largest absolute Gasteiger partial charge is 0.418 e. The van der Waals surface area contributed by atoms with Crippen LogP contribution in [-0.4, -0.2) is 58.6 Å². The molecule has 1 aliphatic heterocycles. The quantitative estimate of drug-likeness (QED) is 0.689. The maximum absolute atomic E-state index is 12.2. The SMILES string of the molecule is CC(c1nnc(-c2cccs2)o1)N1CCN(CC(=O)Nc2ccccc2)CC1. The molecule has 0 bridgehead atoms. The van der Waals surface area contributed by atoms with Gasteiger partial charge in [0.25, 0.3) is 5.89 Å². The van der Waals surface area contributed by atoms with Crippen LogP contribution in [0.1, 0.15) is 18.9 Å². The highest BCUT2D eigenvalue weighted by atomic mass is 32.1. The van der Waals surface area contributed by atoms with E-state index in [4.69, 9.17) is 4.42 Å². The zero-order valence-corrected chi connectivity index (χ0v) is 16.6. The molecular weight excluding hydrogens is 374 g/mol. The summed E-state index contributed by atoms with van der Waals surface area (Å²) in [7, 11) is 0. The fourth-order valence-electron chi connectivity index (χ4n) is 3.29. The molecule has 146 valence electrons. The first-order valence-corrected chi connectivity index (χ1v) is 10.3. The Balaban J connectivity index is 1.27. The second kappa shape index (κ2) is 8.64. The molecule has 4 rings (SSSR count). The number of aromatic nitrogens is 2. The molecule has 1 unspecified atom stereocenters. The summed E-state index contributed by atoms with van der Waals surface area (Å²) in [6.45, 7) is 5.87. The molecule has 2 aromatic heterocycles. The summed E-state index contributed by atoms with van der Waals surface area (Å²) >= 11 is 1.59. The molecule has 1 atom stereocenters. The second-order valence-corrected chi connectivity index (χ2v) is 7.77. The lowest BCUT2D eigenvalue weighted by atomic mass is 10.2. The van der Waals surface area contributed by atoms with Crippen LogP contribution in [0.15, 0.2) is 52.3 Å². The summed E-state index contributed by atoms with van der Waals surface area (Å²) < 4.78 is 5.87. The molecule has 28 heavy (non-hydrogen) atoms. The summed E-state index contributed by atoms with van der Waals surface area (Å²) in [5.74, 6) is 1.23. The smallest absolute Gasteiger partial charge is 0.257 e. The van der Waals surface area contributed by atoms with E-state index in [1.54, 1.807) is 11.3 Å². The minimum absolute atomic E-state index is 0.0187. The zero-order valence-electron chi connectivity index (χ0n) is 15.7.